The first kappa shape index (κ1) is 12.7. The summed E-state index contributed by atoms with van der Waals surface area (Å²) >= 11 is 0. The maximum absolute atomic E-state index is 5.70. The van der Waals surface area contributed by atoms with E-state index in [1.54, 1.807) is 0 Å². The topological polar surface area (TPSA) is 67.1 Å². The minimum absolute atomic E-state index is 0.537. The minimum Gasteiger partial charge on any atom is -0.383 e. The van der Waals surface area contributed by atoms with Gasteiger partial charge in [0.15, 0.2) is 0 Å². The third-order valence-electron chi connectivity index (χ3n) is 2.76. The van der Waals surface area contributed by atoms with E-state index in [0.717, 1.165) is 24.5 Å². The molecule has 0 aromatic carbocycles. The van der Waals surface area contributed by atoms with E-state index in [1.165, 1.54) is 6.33 Å². The van der Waals surface area contributed by atoms with Gasteiger partial charge in [-0.25, -0.2) is 9.97 Å². The van der Waals surface area contributed by atoms with E-state index >= 15 is 0 Å². The van der Waals surface area contributed by atoms with Crippen LogP contribution in [0.25, 0.3) is 0 Å². The Kier molecular flexibility index (Phi) is 4.49. The van der Waals surface area contributed by atoms with Crippen LogP contribution in [0.3, 0.4) is 0 Å². The predicted molar refractivity (Wildman–Crippen MR) is 67.4 cm³/mol. The van der Waals surface area contributed by atoms with Gasteiger partial charge in [0, 0.05) is 24.7 Å². The molecule has 0 aliphatic heterocycles. The van der Waals surface area contributed by atoms with Gasteiger partial charge in [0.1, 0.15) is 18.0 Å². The second kappa shape index (κ2) is 5.65. The van der Waals surface area contributed by atoms with Crippen molar-refractivity contribution in [3.63, 3.8) is 0 Å². The molecule has 0 bridgehead atoms. The van der Waals surface area contributed by atoms with Crippen LogP contribution in [0.1, 0.15) is 19.4 Å². The quantitative estimate of drug-likeness (QED) is 0.783. The van der Waals surface area contributed by atoms with Gasteiger partial charge in [-0.3, -0.25) is 0 Å². The van der Waals surface area contributed by atoms with E-state index in [2.05, 4.69) is 41.1 Å². The highest BCUT2D eigenvalue weighted by Gasteiger charge is 2.05. The van der Waals surface area contributed by atoms with Crippen LogP contribution in [0.2, 0.25) is 0 Å². The van der Waals surface area contributed by atoms with Gasteiger partial charge in [-0.2, -0.15) is 0 Å². The highest BCUT2D eigenvalue weighted by Crippen LogP contribution is 2.14. The maximum atomic E-state index is 5.70. The van der Waals surface area contributed by atoms with E-state index < -0.39 is 0 Å². The molecule has 0 aliphatic carbocycles. The van der Waals surface area contributed by atoms with Gasteiger partial charge < -0.3 is 16.0 Å². The number of nitrogen functional groups attached to an aromatic ring is 1. The number of hydrogen-bond donors (Lipinski definition) is 2. The van der Waals surface area contributed by atoms with Crippen LogP contribution in [0, 0.1) is 6.92 Å². The van der Waals surface area contributed by atoms with Crippen LogP contribution in [-0.4, -0.2) is 41.0 Å². The Balaban J connectivity index is 2.46. The molecule has 16 heavy (non-hydrogen) atoms. The van der Waals surface area contributed by atoms with Crippen LogP contribution >= 0.6 is 0 Å². The molecule has 0 amide bonds. The number of nitrogens with two attached hydrogens (primary N) is 1. The smallest absolute Gasteiger partial charge is 0.134 e. The highest BCUT2D eigenvalue weighted by atomic mass is 15.1. The summed E-state index contributed by atoms with van der Waals surface area (Å²) in [6.07, 6.45) is 1.48. The van der Waals surface area contributed by atoms with Gasteiger partial charge in [-0.15, -0.1) is 0 Å². The number of aromatic nitrogens is 2. The second-order valence-corrected chi connectivity index (χ2v) is 4.23. The molecule has 1 aromatic heterocycles. The van der Waals surface area contributed by atoms with Gasteiger partial charge >= 0.3 is 0 Å². The van der Waals surface area contributed by atoms with E-state index in [1.807, 2.05) is 6.92 Å². The van der Waals surface area contributed by atoms with Crippen LogP contribution in [0.15, 0.2) is 6.33 Å². The second-order valence-electron chi connectivity index (χ2n) is 4.23. The zero-order valence-electron chi connectivity index (χ0n) is 10.5. The summed E-state index contributed by atoms with van der Waals surface area (Å²) in [5.74, 6) is 1.36. The number of rotatable bonds is 5. The molecule has 5 heteroatoms. The summed E-state index contributed by atoms with van der Waals surface area (Å²) in [6.45, 7) is 8.10. The molecule has 0 saturated heterocycles. The van der Waals surface area contributed by atoms with Crippen molar-refractivity contribution < 1.29 is 0 Å². The molecule has 5 nitrogen and oxygen atoms in total. The lowest BCUT2D eigenvalue weighted by Crippen LogP contribution is -2.31. The van der Waals surface area contributed by atoms with E-state index in [0.29, 0.717) is 11.9 Å². The molecule has 0 radical (unpaired) electrons. The predicted octanol–water partition coefficient (Wildman–Crippen LogP) is 1.12. The van der Waals surface area contributed by atoms with Crippen molar-refractivity contribution in [3.8, 4) is 0 Å². The molecule has 0 unspecified atom stereocenters. The summed E-state index contributed by atoms with van der Waals surface area (Å²) in [5, 5.41) is 3.27. The Morgan fingerprint density at radius 3 is 2.75 bits per heavy atom. The van der Waals surface area contributed by atoms with Gasteiger partial charge in [0.05, 0.1) is 0 Å². The largest absolute Gasteiger partial charge is 0.383 e. The monoisotopic (exact) mass is 223 g/mol. The average molecular weight is 223 g/mol. The Labute approximate surface area is 97.1 Å². The highest BCUT2D eigenvalue weighted by molar-refractivity contribution is 5.53. The lowest BCUT2D eigenvalue weighted by Gasteiger charge is -2.21. The molecular weight excluding hydrogens is 202 g/mol. The van der Waals surface area contributed by atoms with Crippen LogP contribution in [-0.2, 0) is 0 Å². The fourth-order valence-electron chi connectivity index (χ4n) is 1.25. The average Bonchev–Trinajstić information content (AvgIpc) is 2.24. The molecular formula is C11H21N5. The zero-order valence-corrected chi connectivity index (χ0v) is 10.5. The number of nitrogens with one attached hydrogen (secondary N) is 1. The molecule has 0 fully saturated rings. The van der Waals surface area contributed by atoms with Crippen LogP contribution in [0.4, 0.5) is 11.6 Å². The van der Waals surface area contributed by atoms with Crippen molar-refractivity contribution in [2.45, 2.75) is 26.8 Å². The Morgan fingerprint density at radius 1 is 1.44 bits per heavy atom. The van der Waals surface area contributed by atoms with Gasteiger partial charge in [-0.05, 0) is 27.8 Å². The number of nitrogens with zero attached hydrogens (tertiary/aromatic N) is 3. The lowest BCUT2D eigenvalue weighted by atomic mass is 10.3. The third-order valence-corrected chi connectivity index (χ3v) is 2.76. The van der Waals surface area contributed by atoms with Crippen molar-refractivity contribution in [2.24, 2.45) is 0 Å². The van der Waals surface area contributed by atoms with Gasteiger partial charge in [0.25, 0.3) is 0 Å². The van der Waals surface area contributed by atoms with E-state index in [-0.39, 0.29) is 0 Å². The van der Waals surface area contributed by atoms with Crippen molar-refractivity contribution in [3.05, 3.63) is 11.9 Å². The molecule has 90 valence electrons. The maximum Gasteiger partial charge on any atom is 0.134 e. The Morgan fingerprint density at radius 2 is 2.12 bits per heavy atom. The van der Waals surface area contributed by atoms with Crippen molar-refractivity contribution >= 4 is 11.6 Å². The molecule has 0 atom stereocenters. The zero-order chi connectivity index (χ0) is 12.1. The third kappa shape index (κ3) is 3.34. The normalized spacial score (nSPS) is 11.1. The SMILES string of the molecule is Cc1c(N)ncnc1NCCN(C)C(C)C. The lowest BCUT2D eigenvalue weighted by molar-refractivity contribution is 0.284. The van der Waals surface area contributed by atoms with Gasteiger partial charge in [-0.1, -0.05) is 0 Å². The molecule has 1 heterocycles. The van der Waals surface area contributed by atoms with Gasteiger partial charge in [0.2, 0.25) is 0 Å². The van der Waals surface area contributed by atoms with Crippen LogP contribution < -0.4 is 11.1 Å². The number of hydrogen-bond acceptors (Lipinski definition) is 5. The fraction of sp³-hybridized carbons (Fsp3) is 0.636. The molecule has 1 rings (SSSR count). The number of likely N-dealkylation sites (N-methyl/N-ethyl adjacent to an activating group) is 1. The summed E-state index contributed by atoms with van der Waals surface area (Å²) in [7, 11) is 2.10. The first-order chi connectivity index (χ1) is 7.52. The van der Waals surface area contributed by atoms with E-state index in [9.17, 15) is 0 Å². The molecule has 1 aromatic rings. The first-order valence-corrected chi connectivity index (χ1v) is 5.53. The fourth-order valence-corrected chi connectivity index (χ4v) is 1.25. The summed E-state index contributed by atoms with van der Waals surface area (Å²) in [4.78, 5) is 10.4. The van der Waals surface area contributed by atoms with Crippen molar-refractivity contribution in [1.82, 2.24) is 14.9 Å². The van der Waals surface area contributed by atoms with Crippen molar-refractivity contribution in [1.29, 1.82) is 0 Å². The molecule has 0 saturated carbocycles. The Bertz CT molecular complexity index is 337. The molecule has 3 N–H and O–H groups in total. The standard InChI is InChI=1S/C11H21N5/c1-8(2)16(4)6-5-13-11-9(3)10(12)14-7-15-11/h7-8H,5-6H2,1-4H3,(H3,12,13,14,15). The molecule has 0 aliphatic rings. The molecule has 0 spiro atoms. The van der Waals surface area contributed by atoms with Crippen molar-refractivity contribution in [2.75, 3.05) is 31.2 Å². The Hall–Kier alpha value is -1.36. The number of anilines is 2. The van der Waals surface area contributed by atoms with Crippen LogP contribution in [0.5, 0.6) is 0 Å². The van der Waals surface area contributed by atoms with E-state index in [4.69, 9.17) is 5.73 Å². The summed E-state index contributed by atoms with van der Waals surface area (Å²) < 4.78 is 0. The first-order valence-electron chi connectivity index (χ1n) is 5.53. The summed E-state index contributed by atoms with van der Waals surface area (Å²) in [5.41, 5.74) is 6.61. The minimum atomic E-state index is 0.537. The summed E-state index contributed by atoms with van der Waals surface area (Å²) in [6, 6.07) is 0.554.